The number of nitrogens with one attached hydrogen (secondary N) is 2. The molecule has 0 aliphatic carbocycles. The summed E-state index contributed by atoms with van der Waals surface area (Å²) >= 11 is 6.05. The summed E-state index contributed by atoms with van der Waals surface area (Å²) in [6, 6.07) is 13.6. The Morgan fingerprint density at radius 1 is 1.04 bits per heavy atom. The molecule has 1 aromatic heterocycles. The fourth-order valence-corrected chi connectivity index (χ4v) is 3.49. The number of carbonyl (C=O) groups is 1. The molecule has 1 heterocycles. The number of carbonyl (C=O) groups excluding carboxylic acids is 1. The summed E-state index contributed by atoms with van der Waals surface area (Å²) in [4.78, 5) is 16.2. The van der Waals surface area contributed by atoms with Crippen LogP contribution in [0.4, 0.5) is 15.9 Å². The predicted octanol–water partition coefficient (Wildman–Crippen LogP) is 3.93. The Bertz CT molecular complexity index is 1070. The number of hydrogen-bond donors (Lipinski definition) is 2. The molecule has 138 valence electrons. The van der Waals surface area contributed by atoms with Gasteiger partial charge in [-0.2, -0.15) is 0 Å². The van der Waals surface area contributed by atoms with E-state index in [1.54, 1.807) is 18.2 Å². The third-order valence-corrected chi connectivity index (χ3v) is 5.20. The van der Waals surface area contributed by atoms with Crippen LogP contribution in [0.3, 0.4) is 0 Å². The van der Waals surface area contributed by atoms with E-state index < -0.39 is 21.7 Å². The quantitative estimate of drug-likeness (QED) is 0.673. The number of aromatic nitrogens is 1. The van der Waals surface area contributed by atoms with Gasteiger partial charge in [0.15, 0.2) is 0 Å². The SMILES string of the molecule is O=C(Nc1ccccn1)c1cc(S(=O)(=O)Nc2ccc(F)cc2)ccc1Cl. The topological polar surface area (TPSA) is 88.2 Å². The molecule has 0 unspecified atom stereocenters. The van der Waals surface area contributed by atoms with E-state index >= 15 is 0 Å². The number of hydrogen-bond acceptors (Lipinski definition) is 4. The molecular weight excluding hydrogens is 393 g/mol. The van der Waals surface area contributed by atoms with E-state index in [9.17, 15) is 17.6 Å². The Labute approximate surface area is 160 Å². The summed E-state index contributed by atoms with van der Waals surface area (Å²) in [6.45, 7) is 0. The molecule has 3 rings (SSSR count). The maximum absolute atomic E-state index is 13.0. The Morgan fingerprint density at radius 2 is 1.78 bits per heavy atom. The summed E-state index contributed by atoms with van der Waals surface area (Å²) in [5.74, 6) is -0.785. The molecular formula is C18H13ClFN3O3S. The van der Waals surface area contributed by atoms with Gasteiger partial charge in [0.25, 0.3) is 15.9 Å². The fourth-order valence-electron chi connectivity index (χ4n) is 2.20. The van der Waals surface area contributed by atoms with Gasteiger partial charge in [-0.15, -0.1) is 0 Å². The Morgan fingerprint density at radius 3 is 2.44 bits per heavy atom. The van der Waals surface area contributed by atoms with Crippen LogP contribution in [0.1, 0.15) is 10.4 Å². The van der Waals surface area contributed by atoms with Gasteiger partial charge in [0.1, 0.15) is 11.6 Å². The molecule has 0 radical (unpaired) electrons. The predicted molar refractivity (Wildman–Crippen MR) is 101 cm³/mol. The van der Waals surface area contributed by atoms with E-state index in [0.29, 0.717) is 5.82 Å². The van der Waals surface area contributed by atoms with Crippen molar-refractivity contribution >= 4 is 39.0 Å². The Kier molecular flexibility index (Phi) is 5.38. The van der Waals surface area contributed by atoms with Crippen molar-refractivity contribution in [1.82, 2.24) is 4.98 Å². The molecule has 2 aromatic carbocycles. The number of nitrogens with zero attached hydrogens (tertiary/aromatic N) is 1. The van der Waals surface area contributed by atoms with Crippen molar-refractivity contribution in [3.8, 4) is 0 Å². The molecule has 9 heteroatoms. The average Bonchev–Trinajstić information content (AvgIpc) is 2.64. The van der Waals surface area contributed by atoms with Crippen molar-refractivity contribution in [2.45, 2.75) is 4.90 Å². The van der Waals surface area contributed by atoms with Crippen molar-refractivity contribution in [3.05, 3.63) is 83.3 Å². The number of benzene rings is 2. The van der Waals surface area contributed by atoms with Crippen LogP contribution in [0, 0.1) is 5.82 Å². The molecule has 0 bridgehead atoms. The fraction of sp³-hybridized carbons (Fsp3) is 0. The highest BCUT2D eigenvalue weighted by molar-refractivity contribution is 7.92. The van der Waals surface area contributed by atoms with Gasteiger partial charge in [0.2, 0.25) is 0 Å². The average molecular weight is 406 g/mol. The summed E-state index contributed by atoms with van der Waals surface area (Å²) in [6.07, 6.45) is 1.50. The zero-order chi connectivity index (χ0) is 19.4. The van der Waals surface area contributed by atoms with Gasteiger partial charge < -0.3 is 5.32 Å². The first kappa shape index (κ1) is 18.8. The lowest BCUT2D eigenvalue weighted by molar-refractivity contribution is 0.102. The number of sulfonamides is 1. The first-order valence-electron chi connectivity index (χ1n) is 7.65. The van der Waals surface area contributed by atoms with E-state index in [1.807, 2.05) is 0 Å². The Hall–Kier alpha value is -2.97. The third-order valence-electron chi connectivity index (χ3n) is 3.50. The number of anilines is 2. The second kappa shape index (κ2) is 7.73. The highest BCUT2D eigenvalue weighted by atomic mass is 35.5. The van der Waals surface area contributed by atoms with Crippen molar-refractivity contribution in [3.63, 3.8) is 0 Å². The molecule has 0 fully saturated rings. The van der Waals surface area contributed by atoms with Crippen LogP contribution in [0.2, 0.25) is 5.02 Å². The molecule has 0 aliphatic heterocycles. The van der Waals surface area contributed by atoms with Crippen molar-refractivity contribution in [1.29, 1.82) is 0 Å². The monoisotopic (exact) mass is 405 g/mol. The standard InChI is InChI=1S/C18H13ClFN3O3S/c19-16-9-8-14(27(25,26)23-13-6-4-12(20)5-7-13)11-15(16)18(24)22-17-3-1-2-10-21-17/h1-11,23H,(H,21,22,24). The lowest BCUT2D eigenvalue weighted by Gasteiger charge is -2.11. The largest absolute Gasteiger partial charge is 0.307 e. The zero-order valence-electron chi connectivity index (χ0n) is 13.7. The minimum absolute atomic E-state index is 0.0238. The van der Waals surface area contributed by atoms with Gasteiger partial charge >= 0.3 is 0 Å². The van der Waals surface area contributed by atoms with Crippen LogP contribution in [0.25, 0.3) is 0 Å². The molecule has 2 N–H and O–H groups in total. The number of amides is 1. The lowest BCUT2D eigenvalue weighted by atomic mass is 10.2. The summed E-state index contributed by atoms with van der Waals surface area (Å²) in [7, 11) is -4.00. The molecule has 27 heavy (non-hydrogen) atoms. The van der Waals surface area contributed by atoms with E-state index in [4.69, 9.17) is 11.6 Å². The van der Waals surface area contributed by atoms with Gasteiger partial charge in [0.05, 0.1) is 15.5 Å². The van der Waals surface area contributed by atoms with Gasteiger partial charge in [-0.3, -0.25) is 9.52 Å². The molecule has 0 atom stereocenters. The first-order valence-corrected chi connectivity index (χ1v) is 9.51. The molecule has 1 amide bonds. The van der Waals surface area contributed by atoms with Gasteiger partial charge in [-0.05, 0) is 54.6 Å². The van der Waals surface area contributed by atoms with Crippen LogP contribution >= 0.6 is 11.6 Å². The van der Waals surface area contributed by atoms with E-state index in [0.717, 1.165) is 18.2 Å². The maximum atomic E-state index is 13.0. The number of halogens is 2. The molecule has 0 spiro atoms. The highest BCUT2D eigenvalue weighted by Crippen LogP contribution is 2.23. The maximum Gasteiger partial charge on any atom is 0.261 e. The zero-order valence-corrected chi connectivity index (χ0v) is 15.3. The third kappa shape index (κ3) is 4.60. The van der Waals surface area contributed by atoms with Crippen LogP contribution in [0.15, 0.2) is 71.8 Å². The van der Waals surface area contributed by atoms with Crippen molar-refractivity contribution < 1.29 is 17.6 Å². The van der Waals surface area contributed by atoms with Gasteiger partial charge in [-0.1, -0.05) is 17.7 Å². The van der Waals surface area contributed by atoms with Crippen molar-refractivity contribution in [2.75, 3.05) is 10.0 Å². The summed E-state index contributed by atoms with van der Waals surface area (Å²) < 4.78 is 40.4. The van der Waals surface area contributed by atoms with Gasteiger partial charge in [-0.25, -0.2) is 17.8 Å². The lowest BCUT2D eigenvalue weighted by Crippen LogP contribution is -2.16. The molecule has 6 nitrogen and oxygen atoms in total. The minimum atomic E-state index is -4.00. The van der Waals surface area contributed by atoms with Crippen LogP contribution in [-0.2, 0) is 10.0 Å². The van der Waals surface area contributed by atoms with Crippen LogP contribution in [0.5, 0.6) is 0 Å². The van der Waals surface area contributed by atoms with Crippen molar-refractivity contribution in [2.24, 2.45) is 0 Å². The van der Waals surface area contributed by atoms with E-state index in [-0.39, 0.29) is 21.2 Å². The normalized spacial score (nSPS) is 11.0. The summed E-state index contributed by atoms with van der Waals surface area (Å²) in [5, 5.41) is 2.63. The molecule has 0 saturated carbocycles. The van der Waals surface area contributed by atoms with E-state index in [1.165, 1.54) is 30.5 Å². The highest BCUT2D eigenvalue weighted by Gasteiger charge is 2.19. The molecule has 0 aliphatic rings. The van der Waals surface area contributed by atoms with Crippen LogP contribution in [-0.4, -0.2) is 19.3 Å². The van der Waals surface area contributed by atoms with E-state index in [2.05, 4.69) is 15.0 Å². The first-order chi connectivity index (χ1) is 12.8. The molecule has 3 aromatic rings. The minimum Gasteiger partial charge on any atom is -0.307 e. The molecule has 0 saturated heterocycles. The smallest absolute Gasteiger partial charge is 0.261 e. The number of pyridine rings is 1. The Balaban J connectivity index is 1.87. The van der Waals surface area contributed by atoms with Gasteiger partial charge in [0, 0.05) is 11.9 Å². The van der Waals surface area contributed by atoms with Crippen LogP contribution < -0.4 is 10.0 Å². The summed E-state index contributed by atoms with van der Waals surface area (Å²) in [5.41, 5.74) is 0.162. The number of rotatable bonds is 5. The second-order valence-corrected chi connectivity index (χ2v) is 7.51. The second-order valence-electron chi connectivity index (χ2n) is 5.42.